The molecule has 0 atom stereocenters. The van der Waals surface area contributed by atoms with Crippen LogP contribution in [0.5, 0.6) is 0 Å². The third-order valence-electron chi connectivity index (χ3n) is 4.77. The molecule has 0 aliphatic heterocycles. The standard InChI is InChI=1S/C16H24N2O4S2/c1-17(2)23(19,20)15-9-11-16(12-10-15)24(21,22)18(14-7-8-14)13-5-3-4-6-13/h9-14H,3-8H2,1-2H3. The summed E-state index contributed by atoms with van der Waals surface area (Å²) < 4.78 is 53.2. The fourth-order valence-electron chi connectivity index (χ4n) is 3.29. The van der Waals surface area contributed by atoms with Gasteiger partial charge in [0.25, 0.3) is 0 Å². The number of hydrogen-bond donors (Lipinski definition) is 0. The molecule has 2 fully saturated rings. The Morgan fingerprint density at radius 2 is 1.17 bits per heavy atom. The van der Waals surface area contributed by atoms with Crippen LogP contribution in [-0.2, 0) is 20.0 Å². The summed E-state index contributed by atoms with van der Waals surface area (Å²) in [5, 5.41) is 0. The van der Waals surface area contributed by atoms with Crippen molar-refractivity contribution in [1.29, 1.82) is 0 Å². The van der Waals surface area contributed by atoms with Gasteiger partial charge in [0.15, 0.2) is 0 Å². The minimum atomic E-state index is -3.58. The molecule has 2 saturated carbocycles. The van der Waals surface area contributed by atoms with Crippen LogP contribution in [0.4, 0.5) is 0 Å². The van der Waals surface area contributed by atoms with Gasteiger partial charge < -0.3 is 0 Å². The van der Waals surface area contributed by atoms with Crippen LogP contribution in [0.2, 0.25) is 0 Å². The Bertz CT molecular complexity index is 791. The van der Waals surface area contributed by atoms with E-state index in [1.54, 1.807) is 4.31 Å². The lowest BCUT2D eigenvalue weighted by Crippen LogP contribution is -2.40. The molecule has 0 aromatic heterocycles. The minimum absolute atomic E-state index is 0.0904. The minimum Gasteiger partial charge on any atom is -0.207 e. The fraction of sp³-hybridized carbons (Fsp3) is 0.625. The van der Waals surface area contributed by atoms with Gasteiger partial charge in [-0.2, -0.15) is 4.31 Å². The van der Waals surface area contributed by atoms with Crippen molar-refractivity contribution >= 4 is 20.0 Å². The molecule has 0 bridgehead atoms. The number of sulfonamides is 2. The Hall–Kier alpha value is -0.960. The summed E-state index contributed by atoms with van der Waals surface area (Å²) in [6, 6.07) is 5.78. The molecule has 0 radical (unpaired) electrons. The highest BCUT2D eigenvalue weighted by molar-refractivity contribution is 7.89. The van der Waals surface area contributed by atoms with E-state index in [9.17, 15) is 16.8 Å². The van der Waals surface area contributed by atoms with E-state index in [4.69, 9.17) is 0 Å². The van der Waals surface area contributed by atoms with Gasteiger partial charge in [0.05, 0.1) is 9.79 Å². The first-order chi connectivity index (χ1) is 11.2. The van der Waals surface area contributed by atoms with E-state index >= 15 is 0 Å². The van der Waals surface area contributed by atoms with Crippen molar-refractivity contribution in [2.75, 3.05) is 14.1 Å². The van der Waals surface area contributed by atoms with Gasteiger partial charge in [-0.15, -0.1) is 0 Å². The predicted molar refractivity (Wildman–Crippen MR) is 91.6 cm³/mol. The summed E-state index contributed by atoms with van der Waals surface area (Å²) in [6.45, 7) is 0. The summed E-state index contributed by atoms with van der Waals surface area (Å²) in [6.07, 6.45) is 5.82. The number of rotatable bonds is 6. The Kier molecular flexibility index (Phi) is 4.76. The Balaban J connectivity index is 1.92. The normalized spacial score (nSPS) is 20.2. The van der Waals surface area contributed by atoms with E-state index in [1.807, 2.05) is 0 Å². The van der Waals surface area contributed by atoms with Gasteiger partial charge in [0, 0.05) is 26.2 Å². The molecule has 1 aromatic rings. The molecule has 0 saturated heterocycles. The smallest absolute Gasteiger partial charge is 0.207 e. The topological polar surface area (TPSA) is 74.8 Å². The number of hydrogen-bond acceptors (Lipinski definition) is 4. The van der Waals surface area contributed by atoms with Crippen molar-refractivity contribution in [2.24, 2.45) is 0 Å². The van der Waals surface area contributed by atoms with Crippen molar-refractivity contribution < 1.29 is 16.8 Å². The van der Waals surface area contributed by atoms with Gasteiger partial charge in [-0.05, 0) is 49.9 Å². The molecule has 0 unspecified atom stereocenters. The van der Waals surface area contributed by atoms with E-state index in [0.717, 1.165) is 42.8 Å². The highest BCUT2D eigenvalue weighted by atomic mass is 32.2. The Morgan fingerprint density at radius 3 is 1.58 bits per heavy atom. The maximum absolute atomic E-state index is 13.1. The molecule has 134 valence electrons. The predicted octanol–water partition coefficient (Wildman–Crippen LogP) is 2.03. The van der Waals surface area contributed by atoms with Gasteiger partial charge in [0.2, 0.25) is 20.0 Å². The first-order valence-electron chi connectivity index (χ1n) is 8.31. The second-order valence-electron chi connectivity index (χ2n) is 6.76. The van der Waals surface area contributed by atoms with Crippen LogP contribution in [0.25, 0.3) is 0 Å². The molecule has 0 amide bonds. The third kappa shape index (κ3) is 3.24. The zero-order chi connectivity index (χ0) is 17.5. The quantitative estimate of drug-likeness (QED) is 0.766. The molecule has 24 heavy (non-hydrogen) atoms. The van der Waals surface area contributed by atoms with Crippen LogP contribution >= 0.6 is 0 Å². The van der Waals surface area contributed by atoms with Crippen LogP contribution in [0.1, 0.15) is 38.5 Å². The molecular weight excluding hydrogens is 348 g/mol. The van der Waals surface area contributed by atoms with Gasteiger partial charge in [0.1, 0.15) is 0 Å². The molecule has 0 spiro atoms. The lowest BCUT2D eigenvalue weighted by Gasteiger charge is -2.28. The van der Waals surface area contributed by atoms with E-state index in [1.165, 1.54) is 38.4 Å². The van der Waals surface area contributed by atoms with Crippen molar-refractivity contribution in [2.45, 2.75) is 60.4 Å². The molecule has 0 N–H and O–H groups in total. The largest absolute Gasteiger partial charge is 0.243 e. The zero-order valence-electron chi connectivity index (χ0n) is 14.1. The molecule has 8 heteroatoms. The van der Waals surface area contributed by atoms with E-state index in [2.05, 4.69) is 0 Å². The first kappa shape index (κ1) is 17.8. The zero-order valence-corrected chi connectivity index (χ0v) is 15.7. The van der Waals surface area contributed by atoms with Crippen LogP contribution < -0.4 is 0 Å². The third-order valence-corrected chi connectivity index (χ3v) is 8.62. The lowest BCUT2D eigenvalue weighted by molar-refractivity contribution is 0.314. The van der Waals surface area contributed by atoms with Crippen molar-refractivity contribution in [3.8, 4) is 0 Å². The van der Waals surface area contributed by atoms with Crippen LogP contribution in [0.3, 0.4) is 0 Å². The maximum atomic E-state index is 13.1. The van der Waals surface area contributed by atoms with Gasteiger partial charge in [-0.1, -0.05) is 12.8 Å². The highest BCUT2D eigenvalue weighted by Crippen LogP contribution is 2.38. The Morgan fingerprint density at radius 1 is 0.750 bits per heavy atom. The van der Waals surface area contributed by atoms with Gasteiger partial charge in [-0.3, -0.25) is 0 Å². The van der Waals surface area contributed by atoms with E-state index < -0.39 is 20.0 Å². The first-order valence-corrected chi connectivity index (χ1v) is 11.2. The second-order valence-corrected chi connectivity index (χ2v) is 10.8. The molecule has 0 heterocycles. The summed E-state index contributed by atoms with van der Waals surface area (Å²) in [5.41, 5.74) is 0. The molecular formula is C16H24N2O4S2. The van der Waals surface area contributed by atoms with Crippen molar-refractivity contribution in [3.05, 3.63) is 24.3 Å². The average Bonchev–Trinajstić information content (AvgIpc) is 3.21. The summed E-state index contributed by atoms with van der Waals surface area (Å²) in [7, 11) is -4.23. The maximum Gasteiger partial charge on any atom is 0.243 e. The number of nitrogens with zero attached hydrogens (tertiary/aromatic N) is 2. The average molecular weight is 373 g/mol. The molecule has 1 aromatic carbocycles. The second kappa shape index (κ2) is 6.40. The Labute approximate surface area is 144 Å². The lowest BCUT2D eigenvalue weighted by atomic mass is 10.2. The van der Waals surface area contributed by atoms with E-state index in [0.29, 0.717) is 0 Å². The fourth-order valence-corrected chi connectivity index (χ4v) is 6.13. The van der Waals surface area contributed by atoms with Gasteiger partial charge in [-0.25, -0.2) is 21.1 Å². The highest BCUT2D eigenvalue weighted by Gasteiger charge is 2.43. The summed E-state index contributed by atoms with van der Waals surface area (Å²) >= 11 is 0. The van der Waals surface area contributed by atoms with Crippen molar-refractivity contribution in [1.82, 2.24) is 8.61 Å². The van der Waals surface area contributed by atoms with E-state index in [-0.39, 0.29) is 21.9 Å². The monoisotopic (exact) mass is 372 g/mol. The summed E-state index contributed by atoms with van der Waals surface area (Å²) in [4.78, 5) is 0.282. The molecule has 2 aliphatic rings. The molecule has 3 rings (SSSR count). The SMILES string of the molecule is CN(C)S(=O)(=O)c1ccc(S(=O)(=O)N(C2CCCC2)C2CC2)cc1. The molecule has 2 aliphatic carbocycles. The van der Waals surface area contributed by atoms with Crippen molar-refractivity contribution in [3.63, 3.8) is 0 Å². The van der Waals surface area contributed by atoms with Gasteiger partial charge >= 0.3 is 0 Å². The molecule has 6 nitrogen and oxygen atoms in total. The van der Waals surface area contributed by atoms with Crippen LogP contribution in [0, 0.1) is 0 Å². The van der Waals surface area contributed by atoms with Crippen LogP contribution in [0.15, 0.2) is 34.1 Å². The summed E-state index contributed by atoms with van der Waals surface area (Å²) in [5.74, 6) is 0. The van der Waals surface area contributed by atoms with Crippen LogP contribution in [-0.4, -0.2) is 51.6 Å². The number of benzene rings is 1.